The van der Waals surface area contributed by atoms with Gasteiger partial charge in [0.15, 0.2) is 5.78 Å². The number of aliphatic hydroxyl groups is 1. The highest BCUT2D eigenvalue weighted by molar-refractivity contribution is 7.19. The number of nitrogens with zero attached hydrogens (tertiary/aromatic N) is 3. The number of benzene rings is 1. The van der Waals surface area contributed by atoms with Crippen LogP contribution in [0.4, 0.5) is 19.5 Å². The van der Waals surface area contributed by atoms with Crippen LogP contribution < -0.4 is 16.4 Å². The highest BCUT2D eigenvalue weighted by Gasteiger charge is 2.31. The van der Waals surface area contributed by atoms with E-state index in [0.29, 0.717) is 19.5 Å². The van der Waals surface area contributed by atoms with Gasteiger partial charge in [0.2, 0.25) is 0 Å². The van der Waals surface area contributed by atoms with Crippen LogP contribution in [0.5, 0.6) is 0 Å². The number of halogens is 2. The van der Waals surface area contributed by atoms with Gasteiger partial charge in [0.25, 0.3) is 0 Å². The van der Waals surface area contributed by atoms with Crippen molar-refractivity contribution in [3.63, 3.8) is 0 Å². The number of nitrogens with two attached hydrogens (primary N) is 2. The number of carbonyl (C=O) groups excluding carboxylic acids is 1. The van der Waals surface area contributed by atoms with E-state index in [4.69, 9.17) is 11.5 Å². The molecular weight excluding hydrogens is 460 g/mol. The van der Waals surface area contributed by atoms with E-state index in [1.165, 1.54) is 6.07 Å². The van der Waals surface area contributed by atoms with Crippen molar-refractivity contribution >= 4 is 27.8 Å². The predicted molar refractivity (Wildman–Crippen MR) is 127 cm³/mol. The number of ketones is 1. The third-order valence-electron chi connectivity index (χ3n) is 6.54. The number of aromatic nitrogens is 2. The lowest BCUT2D eigenvalue weighted by molar-refractivity contribution is 0.0989. The van der Waals surface area contributed by atoms with Crippen molar-refractivity contribution in [2.45, 2.75) is 44.2 Å². The summed E-state index contributed by atoms with van der Waals surface area (Å²) in [6, 6.07) is 3.17. The number of pyridine rings is 1. The monoisotopic (exact) mass is 485 g/mol. The van der Waals surface area contributed by atoms with Crippen LogP contribution in [0.3, 0.4) is 0 Å². The minimum Gasteiger partial charge on any atom is -0.391 e. The zero-order valence-electron chi connectivity index (χ0n) is 18.4. The van der Waals surface area contributed by atoms with E-state index in [1.807, 2.05) is 0 Å². The van der Waals surface area contributed by atoms with Crippen molar-refractivity contribution in [2.75, 3.05) is 23.7 Å². The van der Waals surface area contributed by atoms with Gasteiger partial charge in [-0.1, -0.05) is 17.4 Å². The Labute approximate surface area is 199 Å². The molecule has 0 unspecified atom stereocenters. The number of aliphatic hydroxyl groups excluding tert-OH is 1. The van der Waals surface area contributed by atoms with Crippen LogP contribution in [-0.2, 0) is 19.3 Å². The van der Waals surface area contributed by atoms with Crippen LogP contribution in [0.15, 0.2) is 24.4 Å². The number of piperidine rings is 1. The van der Waals surface area contributed by atoms with Crippen molar-refractivity contribution < 1.29 is 18.7 Å². The zero-order chi connectivity index (χ0) is 24.0. The van der Waals surface area contributed by atoms with Gasteiger partial charge in [-0.3, -0.25) is 9.78 Å². The molecule has 10 heteroatoms. The third kappa shape index (κ3) is 4.06. The summed E-state index contributed by atoms with van der Waals surface area (Å²) >= 11 is 0.883. The number of hydrogen-bond donors (Lipinski definition) is 3. The van der Waals surface area contributed by atoms with Gasteiger partial charge in [0.05, 0.1) is 11.7 Å². The molecule has 5 rings (SSSR count). The average Bonchev–Trinajstić information content (AvgIpc) is 3.42. The van der Waals surface area contributed by atoms with Crippen LogP contribution in [0.2, 0.25) is 0 Å². The first kappa shape index (κ1) is 22.8. The second-order valence-electron chi connectivity index (χ2n) is 8.81. The van der Waals surface area contributed by atoms with Crippen LogP contribution >= 0.6 is 11.3 Å². The van der Waals surface area contributed by atoms with Gasteiger partial charge in [-0.15, -0.1) is 0 Å². The highest BCUT2D eigenvalue weighted by atomic mass is 32.1. The zero-order valence-corrected chi connectivity index (χ0v) is 19.2. The van der Waals surface area contributed by atoms with Crippen LogP contribution in [-0.4, -0.2) is 46.1 Å². The number of anilines is 2. The van der Waals surface area contributed by atoms with Gasteiger partial charge < -0.3 is 21.5 Å². The molecule has 1 aliphatic carbocycles. The predicted octanol–water partition coefficient (Wildman–Crippen LogP) is 2.88. The summed E-state index contributed by atoms with van der Waals surface area (Å²) in [5, 5.41) is 10.2. The Morgan fingerprint density at radius 1 is 1.26 bits per heavy atom. The molecule has 1 aliphatic heterocycles. The molecule has 34 heavy (non-hydrogen) atoms. The maximum atomic E-state index is 14.2. The molecule has 1 fully saturated rings. The molecule has 3 aromatic rings. The number of aryl methyl sites for hydroxylation is 1. The van der Waals surface area contributed by atoms with Gasteiger partial charge in [-0.25, -0.2) is 13.8 Å². The summed E-state index contributed by atoms with van der Waals surface area (Å²) in [7, 11) is 0. The SMILES string of the molecule is Nc1sc(-c2c(F)cccc2F)nc1C(=O)Cc1cnc2c(c1N1CC[C@@H](O)[C@H](N)C1)CCC2. The first-order chi connectivity index (χ1) is 16.3. The number of thiazole rings is 1. The Balaban J connectivity index is 1.48. The highest BCUT2D eigenvalue weighted by Crippen LogP contribution is 2.37. The Bertz CT molecular complexity index is 1240. The second-order valence-corrected chi connectivity index (χ2v) is 9.84. The van der Waals surface area contributed by atoms with Crippen LogP contribution in [0.1, 0.15) is 40.2 Å². The first-order valence-corrected chi connectivity index (χ1v) is 12.1. The Kier molecular flexibility index (Phi) is 6.05. The summed E-state index contributed by atoms with van der Waals surface area (Å²) in [4.78, 5) is 24.2. The van der Waals surface area contributed by atoms with Gasteiger partial charge in [-0.2, -0.15) is 0 Å². The number of rotatable bonds is 5. The maximum absolute atomic E-state index is 14.2. The number of carbonyl (C=O) groups is 1. The number of fused-ring (bicyclic) bond motifs is 1. The molecule has 178 valence electrons. The van der Waals surface area contributed by atoms with Crippen molar-refractivity contribution in [3.8, 4) is 10.6 Å². The topological polar surface area (TPSA) is 118 Å². The molecule has 2 atom stereocenters. The fraction of sp³-hybridized carbons (Fsp3) is 0.375. The molecule has 1 saturated heterocycles. The molecule has 0 amide bonds. The van der Waals surface area contributed by atoms with Gasteiger partial charge >= 0.3 is 0 Å². The number of Topliss-reactive ketones (excluding diaryl/α,β-unsaturated/α-hetero) is 1. The standard InChI is InChI=1S/C24H25F2N5O2S/c25-14-4-2-5-15(26)20(14)24-30-21(23(28)34-24)19(33)9-12-10-29-17-6-1-3-13(17)22(12)31-8-7-18(32)16(27)11-31/h2,4-5,10,16,18,32H,1,3,6-9,11,27-28H2/t16-,18-/m1/s1. The molecule has 3 heterocycles. The third-order valence-corrected chi connectivity index (χ3v) is 7.44. The lowest BCUT2D eigenvalue weighted by Crippen LogP contribution is -2.51. The van der Waals surface area contributed by atoms with Crippen molar-refractivity contribution in [2.24, 2.45) is 5.73 Å². The molecule has 5 N–H and O–H groups in total. The average molecular weight is 486 g/mol. The molecule has 1 aromatic carbocycles. The number of nitrogen functional groups attached to an aromatic ring is 1. The van der Waals surface area contributed by atoms with Crippen molar-refractivity contribution in [3.05, 3.63) is 58.5 Å². The van der Waals surface area contributed by atoms with Gasteiger partial charge in [-0.05, 0) is 43.4 Å². The summed E-state index contributed by atoms with van der Waals surface area (Å²) in [5.41, 5.74) is 15.7. The molecule has 2 aliphatic rings. The summed E-state index contributed by atoms with van der Waals surface area (Å²) < 4.78 is 28.5. The van der Waals surface area contributed by atoms with E-state index in [9.17, 15) is 18.7 Å². The molecule has 0 spiro atoms. The fourth-order valence-electron chi connectivity index (χ4n) is 4.83. The van der Waals surface area contributed by atoms with Crippen molar-refractivity contribution in [1.82, 2.24) is 9.97 Å². The first-order valence-electron chi connectivity index (χ1n) is 11.3. The summed E-state index contributed by atoms with van der Waals surface area (Å²) in [5.74, 6) is -1.87. The Hall–Kier alpha value is -2.95. The van der Waals surface area contributed by atoms with Gasteiger partial charge in [0, 0.05) is 48.7 Å². The molecular formula is C24H25F2N5O2S. The molecule has 0 radical (unpaired) electrons. The molecule has 2 aromatic heterocycles. The quantitative estimate of drug-likeness (QED) is 0.476. The second kappa shape index (κ2) is 9.01. The van der Waals surface area contributed by atoms with E-state index in [1.54, 1.807) is 6.20 Å². The van der Waals surface area contributed by atoms with E-state index in [0.717, 1.165) is 65.2 Å². The van der Waals surface area contributed by atoms with Crippen molar-refractivity contribution in [1.29, 1.82) is 0 Å². The molecule has 7 nitrogen and oxygen atoms in total. The smallest absolute Gasteiger partial charge is 0.188 e. The van der Waals surface area contributed by atoms with E-state index in [2.05, 4.69) is 14.9 Å². The maximum Gasteiger partial charge on any atom is 0.188 e. The lowest BCUT2D eigenvalue weighted by Gasteiger charge is -2.37. The number of hydrogen-bond acceptors (Lipinski definition) is 8. The minimum atomic E-state index is -0.763. The van der Waals surface area contributed by atoms with E-state index in [-0.39, 0.29) is 39.5 Å². The fourth-order valence-corrected chi connectivity index (χ4v) is 5.73. The normalized spacial score (nSPS) is 19.9. The molecule has 0 saturated carbocycles. The van der Waals surface area contributed by atoms with E-state index >= 15 is 0 Å². The Morgan fingerprint density at radius 2 is 2.03 bits per heavy atom. The summed E-state index contributed by atoms with van der Waals surface area (Å²) in [6.45, 7) is 1.11. The van der Waals surface area contributed by atoms with Gasteiger partial charge in [0.1, 0.15) is 27.3 Å². The molecule has 0 bridgehead atoms. The minimum absolute atomic E-state index is 0.000121. The summed E-state index contributed by atoms with van der Waals surface area (Å²) in [6.07, 6.45) is 4.45. The van der Waals surface area contributed by atoms with Crippen LogP contribution in [0, 0.1) is 11.6 Å². The largest absolute Gasteiger partial charge is 0.391 e. The van der Waals surface area contributed by atoms with E-state index < -0.39 is 17.7 Å². The lowest BCUT2D eigenvalue weighted by atomic mass is 9.97. The Morgan fingerprint density at radius 3 is 2.76 bits per heavy atom. The van der Waals surface area contributed by atoms with Crippen LogP contribution in [0.25, 0.3) is 10.6 Å².